The Hall–Kier alpha value is -3.39. The van der Waals surface area contributed by atoms with E-state index in [0.717, 1.165) is 31.5 Å². The molecule has 1 saturated heterocycles. The quantitative estimate of drug-likeness (QED) is 0.528. The Kier molecular flexibility index (Phi) is 7.80. The monoisotopic (exact) mass is 481 g/mol. The maximum Gasteiger partial charge on any atom is 0.321 e. The number of carbonyl (C=O) groups is 2. The van der Waals surface area contributed by atoms with Crippen LogP contribution >= 0.6 is 11.6 Å². The van der Waals surface area contributed by atoms with Crippen LogP contribution in [-0.4, -0.2) is 58.6 Å². The van der Waals surface area contributed by atoms with Crippen LogP contribution in [0.25, 0.3) is 11.5 Å². The SMILES string of the molecule is CN(CCc1noc(-c2ccc(C(=O)N3CCCCCC3)cc2)n1)C(=O)Nc1ccc(Cl)cc1. The summed E-state index contributed by atoms with van der Waals surface area (Å²) in [6, 6.07) is 13.9. The number of nitrogens with one attached hydrogen (secondary N) is 1. The van der Waals surface area contributed by atoms with E-state index in [4.69, 9.17) is 16.1 Å². The molecular weight excluding hydrogens is 454 g/mol. The van der Waals surface area contributed by atoms with Gasteiger partial charge >= 0.3 is 6.03 Å². The highest BCUT2D eigenvalue weighted by Crippen LogP contribution is 2.20. The average Bonchev–Trinajstić information content (AvgIpc) is 3.16. The predicted molar refractivity (Wildman–Crippen MR) is 131 cm³/mol. The number of likely N-dealkylation sites (N-methyl/N-ethyl adjacent to an activating group) is 1. The number of hydrogen-bond acceptors (Lipinski definition) is 5. The number of benzene rings is 2. The van der Waals surface area contributed by atoms with E-state index in [1.807, 2.05) is 17.0 Å². The Morgan fingerprint density at radius 2 is 1.71 bits per heavy atom. The number of aromatic nitrogens is 2. The van der Waals surface area contributed by atoms with Gasteiger partial charge in [-0.25, -0.2) is 4.79 Å². The fourth-order valence-electron chi connectivity index (χ4n) is 3.81. The van der Waals surface area contributed by atoms with Gasteiger partial charge in [0.1, 0.15) is 0 Å². The Morgan fingerprint density at radius 3 is 2.38 bits per heavy atom. The Balaban J connectivity index is 1.30. The summed E-state index contributed by atoms with van der Waals surface area (Å²) in [6.45, 7) is 2.06. The number of anilines is 1. The second-order valence-electron chi connectivity index (χ2n) is 8.41. The summed E-state index contributed by atoms with van der Waals surface area (Å²) in [5, 5.41) is 7.44. The summed E-state index contributed by atoms with van der Waals surface area (Å²) in [7, 11) is 1.70. The van der Waals surface area contributed by atoms with E-state index in [-0.39, 0.29) is 11.9 Å². The number of urea groups is 1. The minimum Gasteiger partial charge on any atom is -0.339 e. The summed E-state index contributed by atoms with van der Waals surface area (Å²) in [6.07, 6.45) is 4.94. The third-order valence-corrected chi connectivity index (χ3v) is 6.11. The molecule has 0 atom stereocenters. The van der Waals surface area contributed by atoms with Crippen LogP contribution in [0.5, 0.6) is 0 Å². The zero-order valence-electron chi connectivity index (χ0n) is 19.2. The average molecular weight is 482 g/mol. The number of halogens is 1. The lowest BCUT2D eigenvalue weighted by Crippen LogP contribution is -2.33. The van der Waals surface area contributed by atoms with Crippen molar-refractivity contribution in [3.8, 4) is 11.5 Å². The van der Waals surface area contributed by atoms with E-state index >= 15 is 0 Å². The molecule has 9 heteroatoms. The summed E-state index contributed by atoms with van der Waals surface area (Å²) in [5.41, 5.74) is 2.08. The molecule has 2 heterocycles. The van der Waals surface area contributed by atoms with Crippen molar-refractivity contribution in [1.82, 2.24) is 19.9 Å². The number of likely N-dealkylation sites (tertiary alicyclic amines) is 1. The topological polar surface area (TPSA) is 91.6 Å². The standard InChI is InChI=1S/C25H28ClN5O3/c1-30(25(33)27-21-12-10-20(26)11-13-21)17-14-22-28-23(34-29-22)18-6-8-19(9-7-18)24(32)31-15-4-2-3-5-16-31/h6-13H,2-5,14-17H2,1H3,(H,27,33). The number of rotatable bonds is 6. The van der Waals surface area contributed by atoms with Gasteiger partial charge in [-0.3, -0.25) is 4.79 Å². The van der Waals surface area contributed by atoms with E-state index in [9.17, 15) is 9.59 Å². The van der Waals surface area contributed by atoms with Crippen molar-refractivity contribution in [2.75, 3.05) is 32.0 Å². The normalized spacial score (nSPS) is 13.9. The molecule has 1 aliphatic rings. The predicted octanol–water partition coefficient (Wildman–Crippen LogP) is 5.11. The molecule has 0 aliphatic carbocycles. The van der Waals surface area contributed by atoms with Crippen LogP contribution < -0.4 is 5.32 Å². The van der Waals surface area contributed by atoms with Crippen LogP contribution in [0.3, 0.4) is 0 Å². The molecule has 0 unspecified atom stereocenters. The van der Waals surface area contributed by atoms with Crippen LogP contribution in [0.2, 0.25) is 5.02 Å². The minimum absolute atomic E-state index is 0.0691. The molecule has 3 aromatic rings. The van der Waals surface area contributed by atoms with Crippen molar-refractivity contribution in [3.63, 3.8) is 0 Å². The molecule has 1 aromatic heterocycles. The fourth-order valence-corrected chi connectivity index (χ4v) is 3.93. The lowest BCUT2D eigenvalue weighted by Gasteiger charge is -2.20. The second kappa shape index (κ2) is 11.2. The van der Waals surface area contributed by atoms with Crippen molar-refractivity contribution < 1.29 is 14.1 Å². The van der Waals surface area contributed by atoms with Gasteiger partial charge < -0.3 is 19.6 Å². The summed E-state index contributed by atoms with van der Waals surface area (Å²) in [4.78, 5) is 33.0. The third kappa shape index (κ3) is 6.14. The first kappa shape index (κ1) is 23.8. The smallest absolute Gasteiger partial charge is 0.321 e. The number of hydrogen-bond donors (Lipinski definition) is 1. The Labute approximate surface area is 203 Å². The van der Waals surface area contributed by atoms with Crippen molar-refractivity contribution in [3.05, 3.63) is 64.9 Å². The van der Waals surface area contributed by atoms with Gasteiger partial charge in [-0.05, 0) is 61.4 Å². The van der Waals surface area contributed by atoms with Crippen LogP contribution in [0, 0.1) is 0 Å². The number of carbonyl (C=O) groups excluding carboxylic acids is 2. The van der Waals surface area contributed by atoms with Gasteiger partial charge in [-0.15, -0.1) is 0 Å². The molecule has 4 rings (SSSR count). The molecular formula is C25H28ClN5O3. The largest absolute Gasteiger partial charge is 0.339 e. The third-order valence-electron chi connectivity index (χ3n) is 5.85. The van der Waals surface area contributed by atoms with Crippen LogP contribution in [0.15, 0.2) is 53.1 Å². The van der Waals surface area contributed by atoms with Crippen molar-refractivity contribution in [2.45, 2.75) is 32.1 Å². The fraction of sp³-hybridized carbons (Fsp3) is 0.360. The van der Waals surface area contributed by atoms with Crippen LogP contribution in [0.1, 0.15) is 41.9 Å². The van der Waals surface area contributed by atoms with E-state index in [2.05, 4.69) is 15.5 Å². The Bertz CT molecular complexity index is 1110. The maximum absolute atomic E-state index is 12.8. The van der Waals surface area contributed by atoms with E-state index in [1.54, 1.807) is 48.3 Å². The van der Waals surface area contributed by atoms with E-state index in [0.29, 0.717) is 41.0 Å². The summed E-state index contributed by atoms with van der Waals surface area (Å²) < 4.78 is 5.40. The van der Waals surface area contributed by atoms with E-state index in [1.165, 1.54) is 12.8 Å². The number of amides is 3. The molecule has 0 spiro atoms. The highest BCUT2D eigenvalue weighted by molar-refractivity contribution is 6.30. The minimum atomic E-state index is -0.240. The molecule has 3 amide bonds. The van der Waals surface area contributed by atoms with Gasteiger partial charge in [-0.1, -0.05) is 29.6 Å². The van der Waals surface area contributed by atoms with Gasteiger partial charge in [0.05, 0.1) is 0 Å². The van der Waals surface area contributed by atoms with Gasteiger partial charge in [0.15, 0.2) is 5.82 Å². The van der Waals surface area contributed by atoms with Crippen LogP contribution in [0.4, 0.5) is 10.5 Å². The summed E-state index contributed by atoms with van der Waals surface area (Å²) >= 11 is 5.87. The van der Waals surface area contributed by atoms with Gasteiger partial charge in [0.25, 0.3) is 11.8 Å². The van der Waals surface area contributed by atoms with Gasteiger partial charge in [0, 0.05) is 54.9 Å². The lowest BCUT2D eigenvalue weighted by molar-refractivity contribution is 0.0761. The van der Waals surface area contributed by atoms with Gasteiger partial charge in [0.2, 0.25) is 0 Å². The molecule has 178 valence electrons. The first-order chi connectivity index (χ1) is 16.5. The van der Waals surface area contributed by atoms with Gasteiger partial charge in [-0.2, -0.15) is 4.98 Å². The molecule has 2 aromatic carbocycles. The maximum atomic E-state index is 12.8. The molecule has 1 aliphatic heterocycles. The van der Waals surface area contributed by atoms with Crippen molar-refractivity contribution >= 4 is 29.2 Å². The molecule has 0 saturated carbocycles. The highest BCUT2D eigenvalue weighted by Gasteiger charge is 2.18. The lowest BCUT2D eigenvalue weighted by atomic mass is 10.1. The van der Waals surface area contributed by atoms with Crippen molar-refractivity contribution in [1.29, 1.82) is 0 Å². The van der Waals surface area contributed by atoms with E-state index < -0.39 is 0 Å². The molecule has 0 radical (unpaired) electrons. The number of nitrogens with zero attached hydrogens (tertiary/aromatic N) is 4. The molecule has 34 heavy (non-hydrogen) atoms. The molecule has 1 fully saturated rings. The summed E-state index contributed by atoms with van der Waals surface area (Å²) in [5.74, 6) is 0.961. The first-order valence-electron chi connectivity index (χ1n) is 11.5. The second-order valence-corrected chi connectivity index (χ2v) is 8.84. The molecule has 0 bridgehead atoms. The first-order valence-corrected chi connectivity index (χ1v) is 11.9. The molecule has 1 N–H and O–H groups in total. The highest BCUT2D eigenvalue weighted by atomic mass is 35.5. The zero-order chi connectivity index (χ0) is 23.9. The van der Waals surface area contributed by atoms with Crippen molar-refractivity contribution in [2.24, 2.45) is 0 Å². The molecule has 8 nitrogen and oxygen atoms in total. The van der Waals surface area contributed by atoms with Crippen LogP contribution in [-0.2, 0) is 6.42 Å². The Morgan fingerprint density at radius 1 is 1.03 bits per heavy atom. The zero-order valence-corrected chi connectivity index (χ0v) is 19.9.